The fraction of sp³-hybridized carbons (Fsp3) is 0.714. The molecule has 0 aromatic carbocycles. The first kappa shape index (κ1) is 13.5. The molecular formula is C14H24O2. The van der Waals surface area contributed by atoms with Crippen molar-refractivity contribution < 1.29 is 9.47 Å². The predicted molar refractivity (Wildman–Crippen MR) is 67.6 cm³/mol. The molecule has 0 saturated heterocycles. The zero-order chi connectivity index (χ0) is 11.6. The minimum atomic E-state index is 0.290. The fourth-order valence-electron chi connectivity index (χ4n) is 2.05. The maximum atomic E-state index is 5.84. The molecule has 0 bridgehead atoms. The van der Waals surface area contributed by atoms with Crippen LogP contribution < -0.4 is 0 Å². The first-order chi connectivity index (χ1) is 7.88. The molecule has 1 fully saturated rings. The molecule has 2 unspecified atom stereocenters. The third kappa shape index (κ3) is 4.95. The zero-order valence-corrected chi connectivity index (χ0v) is 10.2. The van der Waals surface area contributed by atoms with E-state index in [0.717, 1.165) is 38.9 Å². The first-order valence-electron chi connectivity index (χ1n) is 6.33. The highest BCUT2D eigenvalue weighted by atomic mass is 16.5. The van der Waals surface area contributed by atoms with Gasteiger partial charge in [-0.3, -0.25) is 0 Å². The number of ether oxygens (including phenoxy) is 2. The second-order valence-electron chi connectivity index (χ2n) is 4.26. The van der Waals surface area contributed by atoms with Crippen LogP contribution in [0.25, 0.3) is 0 Å². The van der Waals surface area contributed by atoms with Crippen molar-refractivity contribution in [1.29, 1.82) is 0 Å². The average Bonchev–Trinajstić information content (AvgIpc) is 2.32. The Hall–Kier alpha value is -0.600. The Morgan fingerprint density at radius 1 is 0.875 bits per heavy atom. The molecule has 1 rings (SSSR count). The van der Waals surface area contributed by atoms with Crippen LogP contribution in [-0.2, 0) is 9.47 Å². The molecule has 16 heavy (non-hydrogen) atoms. The summed E-state index contributed by atoms with van der Waals surface area (Å²) in [6, 6.07) is 0. The SMILES string of the molecule is C=CCCOC1CCCCC1OCCC=C. The van der Waals surface area contributed by atoms with Gasteiger partial charge in [-0.25, -0.2) is 0 Å². The van der Waals surface area contributed by atoms with Crippen molar-refractivity contribution in [3.05, 3.63) is 25.3 Å². The molecule has 0 N–H and O–H groups in total. The van der Waals surface area contributed by atoms with Gasteiger partial charge < -0.3 is 9.47 Å². The number of rotatable bonds is 8. The Balaban J connectivity index is 2.25. The van der Waals surface area contributed by atoms with Gasteiger partial charge in [0.15, 0.2) is 0 Å². The number of hydrogen-bond acceptors (Lipinski definition) is 2. The van der Waals surface area contributed by atoms with Crippen molar-refractivity contribution in [2.45, 2.75) is 50.7 Å². The standard InChI is InChI=1S/C14H24O2/c1-3-5-11-15-13-9-7-8-10-14(13)16-12-6-4-2/h3-4,13-14H,1-2,5-12H2. The maximum Gasteiger partial charge on any atom is 0.0836 e. The summed E-state index contributed by atoms with van der Waals surface area (Å²) in [6.07, 6.45) is 11.0. The highest BCUT2D eigenvalue weighted by Crippen LogP contribution is 2.24. The van der Waals surface area contributed by atoms with Gasteiger partial charge in [-0.15, -0.1) is 13.2 Å². The van der Waals surface area contributed by atoms with Gasteiger partial charge in [-0.1, -0.05) is 25.0 Å². The molecule has 0 aromatic rings. The molecule has 1 aliphatic carbocycles. The summed E-state index contributed by atoms with van der Waals surface area (Å²) >= 11 is 0. The quantitative estimate of drug-likeness (QED) is 0.464. The Morgan fingerprint density at radius 2 is 1.31 bits per heavy atom. The summed E-state index contributed by atoms with van der Waals surface area (Å²) in [5, 5.41) is 0. The largest absolute Gasteiger partial charge is 0.375 e. The lowest BCUT2D eigenvalue weighted by Gasteiger charge is -2.31. The van der Waals surface area contributed by atoms with Gasteiger partial charge in [-0.05, 0) is 25.7 Å². The third-order valence-electron chi connectivity index (χ3n) is 2.95. The molecular weight excluding hydrogens is 200 g/mol. The van der Waals surface area contributed by atoms with Crippen LogP contribution >= 0.6 is 0 Å². The van der Waals surface area contributed by atoms with Gasteiger partial charge >= 0.3 is 0 Å². The van der Waals surface area contributed by atoms with E-state index in [9.17, 15) is 0 Å². The molecule has 0 aliphatic heterocycles. The van der Waals surface area contributed by atoms with E-state index in [1.807, 2.05) is 12.2 Å². The topological polar surface area (TPSA) is 18.5 Å². The molecule has 0 aromatic heterocycles. The van der Waals surface area contributed by atoms with E-state index in [1.165, 1.54) is 12.8 Å². The Labute approximate surface area is 99.3 Å². The Kier molecular flexibility index (Phi) is 7.19. The maximum absolute atomic E-state index is 5.84. The van der Waals surface area contributed by atoms with Crippen molar-refractivity contribution >= 4 is 0 Å². The summed E-state index contributed by atoms with van der Waals surface area (Å²) in [7, 11) is 0. The van der Waals surface area contributed by atoms with Crippen molar-refractivity contribution in [3.8, 4) is 0 Å². The van der Waals surface area contributed by atoms with E-state index in [2.05, 4.69) is 13.2 Å². The van der Waals surface area contributed by atoms with Crippen LogP contribution in [0.2, 0.25) is 0 Å². The Bertz CT molecular complexity index is 179. The molecule has 1 saturated carbocycles. The van der Waals surface area contributed by atoms with Gasteiger partial charge in [-0.2, -0.15) is 0 Å². The lowest BCUT2D eigenvalue weighted by Crippen LogP contribution is -2.35. The van der Waals surface area contributed by atoms with E-state index in [0.29, 0.717) is 12.2 Å². The normalized spacial score (nSPS) is 25.2. The van der Waals surface area contributed by atoms with Crippen molar-refractivity contribution in [2.75, 3.05) is 13.2 Å². The van der Waals surface area contributed by atoms with E-state index >= 15 is 0 Å². The summed E-state index contributed by atoms with van der Waals surface area (Å²) in [5.41, 5.74) is 0. The van der Waals surface area contributed by atoms with Crippen molar-refractivity contribution in [3.63, 3.8) is 0 Å². The van der Waals surface area contributed by atoms with E-state index in [-0.39, 0.29) is 0 Å². The molecule has 0 amide bonds. The van der Waals surface area contributed by atoms with Gasteiger partial charge in [0.05, 0.1) is 25.4 Å². The predicted octanol–water partition coefficient (Wildman–Crippen LogP) is 3.48. The van der Waals surface area contributed by atoms with Crippen LogP contribution in [-0.4, -0.2) is 25.4 Å². The summed E-state index contributed by atoms with van der Waals surface area (Å²) in [6.45, 7) is 8.95. The highest BCUT2D eigenvalue weighted by molar-refractivity contribution is 4.78. The van der Waals surface area contributed by atoms with E-state index < -0.39 is 0 Å². The van der Waals surface area contributed by atoms with Crippen LogP contribution in [0.5, 0.6) is 0 Å². The average molecular weight is 224 g/mol. The highest BCUT2D eigenvalue weighted by Gasteiger charge is 2.25. The zero-order valence-electron chi connectivity index (χ0n) is 10.2. The van der Waals surface area contributed by atoms with E-state index in [1.54, 1.807) is 0 Å². The lowest BCUT2D eigenvalue weighted by atomic mass is 9.94. The molecule has 2 heteroatoms. The van der Waals surface area contributed by atoms with Crippen LogP contribution in [0.1, 0.15) is 38.5 Å². The van der Waals surface area contributed by atoms with Crippen LogP contribution in [0.15, 0.2) is 25.3 Å². The summed E-state index contributed by atoms with van der Waals surface area (Å²) in [5.74, 6) is 0. The third-order valence-corrected chi connectivity index (χ3v) is 2.95. The number of hydrogen-bond donors (Lipinski definition) is 0. The van der Waals surface area contributed by atoms with Gasteiger partial charge in [0, 0.05) is 0 Å². The van der Waals surface area contributed by atoms with Gasteiger partial charge in [0.25, 0.3) is 0 Å². The van der Waals surface area contributed by atoms with Crippen LogP contribution in [0.4, 0.5) is 0 Å². The Morgan fingerprint density at radius 3 is 1.69 bits per heavy atom. The molecule has 92 valence electrons. The van der Waals surface area contributed by atoms with E-state index in [4.69, 9.17) is 9.47 Å². The second-order valence-corrected chi connectivity index (χ2v) is 4.26. The minimum Gasteiger partial charge on any atom is -0.375 e. The molecule has 1 aliphatic rings. The van der Waals surface area contributed by atoms with Gasteiger partial charge in [0.2, 0.25) is 0 Å². The second kappa shape index (κ2) is 8.54. The summed E-state index contributed by atoms with van der Waals surface area (Å²) < 4.78 is 11.7. The molecule has 0 spiro atoms. The smallest absolute Gasteiger partial charge is 0.0836 e. The van der Waals surface area contributed by atoms with Crippen molar-refractivity contribution in [1.82, 2.24) is 0 Å². The summed E-state index contributed by atoms with van der Waals surface area (Å²) in [4.78, 5) is 0. The first-order valence-corrected chi connectivity index (χ1v) is 6.33. The molecule has 0 radical (unpaired) electrons. The van der Waals surface area contributed by atoms with Crippen LogP contribution in [0.3, 0.4) is 0 Å². The lowest BCUT2D eigenvalue weighted by molar-refractivity contribution is -0.0901. The molecule has 2 atom stereocenters. The minimum absolute atomic E-state index is 0.290. The van der Waals surface area contributed by atoms with Crippen molar-refractivity contribution in [2.24, 2.45) is 0 Å². The molecule has 0 heterocycles. The fourth-order valence-corrected chi connectivity index (χ4v) is 2.05. The monoisotopic (exact) mass is 224 g/mol. The molecule has 2 nitrogen and oxygen atoms in total. The van der Waals surface area contributed by atoms with Gasteiger partial charge in [0.1, 0.15) is 0 Å². The van der Waals surface area contributed by atoms with Crippen LogP contribution in [0, 0.1) is 0 Å².